The second kappa shape index (κ2) is 9.67. The van der Waals surface area contributed by atoms with Crippen LogP contribution >= 0.6 is 11.3 Å². The number of nitrogens with one attached hydrogen (secondary N) is 2. The van der Waals surface area contributed by atoms with Crippen molar-refractivity contribution >= 4 is 23.3 Å². The van der Waals surface area contributed by atoms with Gasteiger partial charge in [-0.15, -0.1) is 11.3 Å². The van der Waals surface area contributed by atoms with Crippen LogP contribution in [0.25, 0.3) is 0 Å². The van der Waals surface area contributed by atoms with Crippen LogP contribution in [0.5, 0.6) is 0 Å². The van der Waals surface area contributed by atoms with E-state index in [0.717, 1.165) is 6.54 Å². The average molecular weight is 338 g/mol. The molecule has 23 heavy (non-hydrogen) atoms. The van der Waals surface area contributed by atoms with Crippen LogP contribution in [0.4, 0.5) is 0 Å². The summed E-state index contributed by atoms with van der Waals surface area (Å²) in [5, 5.41) is 4.69. The number of thiophene rings is 1. The Morgan fingerprint density at radius 1 is 1.39 bits per heavy atom. The van der Waals surface area contributed by atoms with E-state index in [9.17, 15) is 4.79 Å². The van der Waals surface area contributed by atoms with Gasteiger partial charge in [-0.2, -0.15) is 0 Å². The van der Waals surface area contributed by atoms with E-state index < -0.39 is 0 Å². The van der Waals surface area contributed by atoms with Crippen molar-refractivity contribution in [2.75, 3.05) is 32.8 Å². The Bertz CT molecular complexity index is 494. The Balaban J connectivity index is 1.86. The lowest BCUT2D eigenvalue weighted by atomic mass is 10.1. The van der Waals surface area contributed by atoms with Gasteiger partial charge in [-0.1, -0.05) is 19.9 Å². The molecule has 0 unspecified atom stereocenters. The molecule has 128 valence electrons. The average Bonchev–Trinajstić information content (AvgIpc) is 3.08. The van der Waals surface area contributed by atoms with E-state index in [0.29, 0.717) is 30.0 Å². The molecule has 0 atom stereocenters. The van der Waals surface area contributed by atoms with E-state index in [-0.39, 0.29) is 5.91 Å². The number of amidine groups is 1. The summed E-state index contributed by atoms with van der Waals surface area (Å²) in [6.07, 6.45) is 3.97. The SMILES string of the molecule is CC(C)COC(=NCC[NH+]1CCCCC1)NC(=O)c1cccs1. The number of hydrogen-bond donors (Lipinski definition) is 2. The highest BCUT2D eigenvalue weighted by molar-refractivity contribution is 7.12. The zero-order valence-electron chi connectivity index (χ0n) is 14.1. The fraction of sp³-hybridized carbons (Fsp3) is 0.647. The van der Waals surface area contributed by atoms with Crippen LogP contribution in [-0.4, -0.2) is 44.7 Å². The van der Waals surface area contributed by atoms with Gasteiger partial charge in [0.05, 0.1) is 37.7 Å². The molecule has 1 aromatic rings. The Hall–Kier alpha value is -1.40. The summed E-state index contributed by atoms with van der Waals surface area (Å²) in [5.74, 6) is 0.249. The maximum absolute atomic E-state index is 12.2. The monoisotopic (exact) mass is 338 g/mol. The van der Waals surface area contributed by atoms with Crippen molar-refractivity contribution in [3.05, 3.63) is 22.4 Å². The number of piperidine rings is 1. The van der Waals surface area contributed by atoms with Crippen molar-refractivity contribution in [1.82, 2.24) is 5.32 Å². The van der Waals surface area contributed by atoms with Crippen molar-refractivity contribution in [2.24, 2.45) is 10.9 Å². The number of rotatable bonds is 6. The number of hydrogen-bond acceptors (Lipinski definition) is 4. The molecular weight excluding hydrogens is 310 g/mol. The van der Waals surface area contributed by atoms with Gasteiger partial charge in [-0.25, -0.2) is 4.99 Å². The molecule has 0 spiro atoms. The summed E-state index contributed by atoms with van der Waals surface area (Å²) in [4.78, 5) is 18.9. The fourth-order valence-electron chi connectivity index (χ4n) is 2.55. The Morgan fingerprint density at radius 2 is 2.17 bits per heavy atom. The summed E-state index contributed by atoms with van der Waals surface area (Å²) in [5.41, 5.74) is 0. The summed E-state index contributed by atoms with van der Waals surface area (Å²) in [6.45, 7) is 8.88. The van der Waals surface area contributed by atoms with Crippen LogP contribution < -0.4 is 10.2 Å². The van der Waals surface area contributed by atoms with E-state index in [2.05, 4.69) is 24.2 Å². The molecule has 1 saturated heterocycles. The predicted octanol–water partition coefficient (Wildman–Crippen LogP) is 1.58. The largest absolute Gasteiger partial charge is 0.465 e. The van der Waals surface area contributed by atoms with Crippen LogP contribution in [0.3, 0.4) is 0 Å². The first kappa shape index (κ1) is 17.9. The molecule has 1 aromatic heterocycles. The van der Waals surface area contributed by atoms with Gasteiger partial charge in [0.2, 0.25) is 0 Å². The lowest BCUT2D eigenvalue weighted by Gasteiger charge is -2.22. The first-order valence-corrected chi connectivity index (χ1v) is 9.39. The van der Waals surface area contributed by atoms with Gasteiger partial charge in [0, 0.05) is 0 Å². The van der Waals surface area contributed by atoms with Crippen molar-refractivity contribution in [1.29, 1.82) is 0 Å². The third-order valence-electron chi connectivity index (χ3n) is 3.80. The quantitative estimate of drug-likeness (QED) is 0.611. The molecule has 0 aromatic carbocycles. The molecule has 1 aliphatic heterocycles. The van der Waals surface area contributed by atoms with Gasteiger partial charge < -0.3 is 9.64 Å². The molecular formula is C17H28N3O2S+. The summed E-state index contributed by atoms with van der Waals surface area (Å²) in [6, 6.07) is 4.02. The maximum Gasteiger partial charge on any atom is 0.291 e. The van der Waals surface area contributed by atoms with Crippen molar-refractivity contribution in [2.45, 2.75) is 33.1 Å². The van der Waals surface area contributed by atoms with Crippen LogP contribution in [0.1, 0.15) is 42.8 Å². The maximum atomic E-state index is 12.2. The highest BCUT2D eigenvalue weighted by atomic mass is 32.1. The minimum absolute atomic E-state index is 0.146. The predicted molar refractivity (Wildman–Crippen MR) is 94.3 cm³/mol. The minimum atomic E-state index is -0.146. The van der Waals surface area contributed by atoms with Gasteiger partial charge >= 0.3 is 0 Å². The number of likely N-dealkylation sites (tertiary alicyclic amines) is 1. The third kappa shape index (κ3) is 6.71. The van der Waals surface area contributed by atoms with E-state index in [4.69, 9.17) is 4.74 Å². The summed E-state index contributed by atoms with van der Waals surface area (Å²) < 4.78 is 5.68. The number of aliphatic imine (C=N–C) groups is 1. The first-order chi connectivity index (χ1) is 11.1. The van der Waals surface area contributed by atoms with Gasteiger partial charge in [0.25, 0.3) is 11.9 Å². The molecule has 5 nitrogen and oxygen atoms in total. The number of amides is 1. The van der Waals surface area contributed by atoms with Gasteiger partial charge in [-0.3, -0.25) is 10.1 Å². The number of nitrogens with zero attached hydrogens (tertiary/aromatic N) is 1. The standard InChI is InChI=1S/C17H27N3O2S/c1-14(2)13-22-17(19-16(21)15-7-6-12-23-15)18-8-11-20-9-4-3-5-10-20/h6-7,12,14H,3-5,8-11,13H2,1-2H3,(H,18,19,21)/p+1. The van der Waals surface area contributed by atoms with Crippen LogP contribution in [0.15, 0.2) is 22.5 Å². The first-order valence-electron chi connectivity index (χ1n) is 8.51. The molecule has 0 bridgehead atoms. The second-order valence-corrected chi connectivity index (χ2v) is 7.33. The Kier molecular flexibility index (Phi) is 7.55. The molecule has 2 heterocycles. The van der Waals surface area contributed by atoms with Gasteiger partial charge in [-0.05, 0) is 36.6 Å². The number of ether oxygens (including phenoxy) is 1. The van der Waals surface area contributed by atoms with Crippen LogP contribution in [-0.2, 0) is 4.74 Å². The van der Waals surface area contributed by atoms with E-state index in [1.165, 1.54) is 43.7 Å². The van der Waals surface area contributed by atoms with Gasteiger partial charge in [0.1, 0.15) is 0 Å². The molecule has 0 saturated carbocycles. The normalized spacial score (nSPS) is 16.6. The van der Waals surface area contributed by atoms with Crippen molar-refractivity contribution < 1.29 is 14.4 Å². The van der Waals surface area contributed by atoms with E-state index >= 15 is 0 Å². The summed E-state index contributed by atoms with van der Waals surface area (Å²) >= 11 is 1.42. The molecule has 1 fully saturated rings. The Labute approximate surface area is 142 Å². The minimum Gasteiger partial charge on any atom is -0.465 e. The van der Waals surface area contributed by atoms with Crippen molar-refractivity contribution in [3.8, 4) is 0 Å². The van der Waals surface area contributed by atoms with Crippen LogP contribution in [0.2, 0.25) is 0 Å². The fourth-order valence-corrected chi connectivity index (χ4v) is 3.17. The molecule has 1 amide bonds. The highest BCUT2D eigenvalue weighted by Gasteiger charge is 2.14. The molecule has 1 aliphatic rings. The zero-order valence-corrected chi connectivity index (χ0v) is 15.0. The van der Waals surface area contributed by atoms with E-state index in [1.807, 2.05) is 11.4 Å². The molecule has 0 aliphatic carbocycles. The number of carbonyl (C=O) groups excluding carboxylic acids is 1. The zero-order chi connectivity index (χ0) is 16.5. The second-order valence-electron chi connectivity index (χ2n) is 6.38. The highest BCUT2D eigenvalue weighted by Crippen LogP contribution is 2.07. The third-order valence-corrected chi connectivity index (χ3v) is 4.67. The van der Waals surface area contributed by atoms with Crippen LogP contribution in [0, 0.1) is 5.92 Å². The van der Waals surface area contributed by atoms with Crippen molar-refractivity contribution in [3.63, 3.8) is 0 Å². The lowest BCUT2D eigenvalue weighted by Crippen LogP contribution is -3.13. The summed E-state index contributed by atoms with van der Waals surface area (Å²) in [7, 11) is 0. The smallest absolute Gasteiger partial charge is 0.291 e. The molecule has 6 heteroatoms. The number of quaternary nitrogens is 1. The van der Waals surface area contributed by atoms with E-state index in [1.54, 1.807) is 11.0 Å². The number of carbonyl (C=O) groups is 1. The van der Waals surface area contributed by atoms with Gasteiger partial charge in [0.15, 0.2) is 0 Å². The lowest BCUT2D eigenvalue weighted by molar-refractivity contribution is -0.903. The topological polar surface area (TPSA) is 55.1 Å². The molecule has 0 radical (unpaired) electrons. The molecule has 2 rings (SSSR count). The molecule has 2 N–H and O–H groups in total. The Morgan fingerprint density at radius 3 is 2.83 bits per heavy atom.